The molecule has 0 unspecified atom stereocenters. The number of amides is 2. The Labute approximate surface area is 152 Å². The van der Waals surface area contributed by atoms with Crippen molar-refractivity contribution in [3.8, 4) is 0 Å². The first-order chi connectivity index (χ1) is 12.5. The normalized spacial score (nSPS) is 10.5. The second-order valence-corrected chi connectivity index (χ2v) is 6.57. The molecule has 0 aliphatic carbocycles. The lowest BCUT2D eigenvalue weighted by molar-refractivity contribution is -0.384. The van der Waals surface area contributed by atoms with Crippen LogP contribution in [0.4, 0.5) is 11.4 Å². The van der Waals surface area contributed by atoms with Gasteiger partial charge in [-0.25, -0.2) is 0 Å². The van der Waals surface area contributed by atoms with Gasteiger partial charge < -0.3 is 10.6 Å². The summed E-state index contributed by atoms with van der Waals surface area (Å²) in [5, 5.41) is 17.0. The molecular weight excluding hydrogens is 354 g/mol. The fourth-order valence-electron chi connectivity index (χ4n) is 2.45. The van der Waals surface area contributed by atoms with Crippen LogP contribution in [0.3, 0.4) is 0 Å². The quantitative estimate of drug-likeness (QED) is 0.527. The number of nitro benzene ring substituents is 1. The molecule has 7 nitrogen and oxygen atoms in total. The van der Waals surface area contributed by atoms with Crippen molar-refractivity contribution in [1.82, 2.24) is 5.32 Å². The molecule has 2 aromatic carbocycles. The van der Waals surface area contributed by atoms with Crippen molar-refractivity contribution in [2.45, 2.75) is 6.92 Å². The van der Waals surface area contributed by atoms with Crippen molar-refractivity contribution in [3.63, 3.8) is 0 Å². The summed E-state index contributed by atoms with van der Waals surface area (Å²) >= 11 is 1.25. The van der Waals surface area contributed by atoms with E-state index >= 15 is 0 Å². The number of anilines is 1. The lowest BCUT2D eigenvalue weighted by atomic mass is 10.2. The van der Waals surface area contributed by atoms with E-state index in [1.807, 2.05) is 6.92 Å². The van der Waals surface area contributed by atoms with Gasteiger partial charge in [-0.3, -0.25) is 19.7 Å². The van der Waals surface area contributed by atoms with E-state index in [9.17, 15) is 19.7 Å². The molecule has 0 radical (unpaired) electrons. The second-order valence-electron chi connectivity index (χ2n) is 5.48. The van der Waals surface area contributed by atoms with E-state index in [2.05, 4.69) is 10.6 Å². The highest BCUT2D eigenvalue weighted by molar-refractivity contribution is 7.20. The molecule has 8 heteroatoms. The molecule has 2 N–H and O–H groups in total. The summed E-state index contributed by atoms with van der Waals surface area (Å²) < 4.78 is 0.789. The van der Waals surface area contributed by atoms with E-state index < -0.39 is 4.92 Å². The largest absolute Gasteiger partial charge is 0.352 e. The number of nitro groups is 1. The van der Waals surface area contributed by atoms with Gasteiger partial charge in [0.25, 0.3) is 17.5 Å². The van der Waals surface area contributed by atoms with Crippen LogP contribution in [-0.2, 0) is 0 Å². The summed E-state index contributed by atoms with van der Waals surface area (Å²) in [6.45, 7) is 2.35. The smallest absolute Gasteiger partial charge is 0.270 e. The number of fused-ring (bicyclic) bond motifs is 1. The molecule has 132 valence electrons. The van der Waals surface area contributed by atoms with E-state index in [1.54, 1.807) is 36.4 Å². The molecule has 3 rings (SSSR count). The molecule has 2 amide bonds. The zero-order valence-corrected chi connectivity index (χ0v) is 14.6. The molecular formula is C18H15N3O4S. The topological polar surface area (TPSA) is 101 Å². The average Bonchev–Trinajstić information content (AvgIpc) is 3.05. The minimum absolute atomic E-state index is 0.0168. The number of non-ortho nitro benzene ring substituents is 1. The van der Waals surface area contributed by atoms with Crippen LogP contribution in [0.2, 0.25) is 0 Å². The molecule has 0 fully saturated rings. The van der Waals surface area contributed by atoms with Gasteiger partial charge in [0.2, 0.25) is 0 Å². The van der Waals surface area contributed by atoms with Crippen LogP contribution in [0.15, 0.2) is 48.5 Å². The number of carbonyl (C=O) groups excluding carboxylic acids is 2. The maximum Gasteiger partial charge on any atom is 0.270 e. The van der Waals surface area contributed by atoms with E-state index in [4.69, 9.17) is 0 Å². The maximum absolute atomic E-state index is 12.5. The van der Waals surface area contributed by atoms with Crippen LogP contribution in [0, 0.1) is 10.1 Å². The lowest BCUT2D eigenvalue weighted by Gasteiger charge is -2.06. The van der Waals surface area contributed by atoms with Crippen LogP contribution >= 0.6 is 11.3 Å². The zero-order chi connectivity index (χ0) is 18.7. The number of thiophene rings is 1. The summed E-state index contributed by atoms with van der Waals surface area (Å²) in [5.74, 6) is -0.542. The van der Waals surface area contributed by atoms with E-state index in [-0.39, 0.29) is 17.5 Å². The van der Waals surface area contributed by atoms with Gasteiger partial charge in [0.05, 0.1) is 9.80 Å². The molecule has 0 bridgehead atoms. The van der Waals surface area contributed by atoms with Crippen molar-refractivity contribution >= 4 is 44.6 Å². The lowest BCUT2D eigenvalue weighted by Crippen LogP contribution is -2.22. The Balaban J connectivity index is 1.82. The van der Waals surface area contributed by atoms with Gasteiger partial charge in [-0.1, -0.05) is 6.07 Å². The first kappa shape index (κ1) is 17.6. The van der Waals surface area contributed by atoms with Crippen LogP contribution in [0.25, 0.3) is 10.1 Å². The molecule has 0 saturated heterocycles. The summed E-state index contributed by atoms with van der Waals surface area (Å²) in [6, 6.07) is 12.8. The van der Waals surface area contributed by atoms with Gasteiger partial charge in [0.1, 0.15) is 0 Å². The number of hydrogen-bond acceptors (Lipinski definition) is 5. The molecule has 0 atom stereocenters. The molecule has 1 heterocycles. The maximum atomic E-state index is 12.5. The minimum atomic E-state index is -0.469. The number of rotatable bonds is 5. The highest BCUT2D eigenvalue weighted by Crippen LogP contribution is 2.29. The Morgan fingerprint density at radius 3 is 2.65 bits per heavy atom. The summed E-state index contributed by atoms with van der Waals surface area (Å²) in [5.41, 5.74) is 0.940. The zero-order valence-electron chi connectivity index (χ0n) is 13.8. The first-order valence-corrected chi connectivity index (χ1v) is 8.67. The van der Waals surface area contributed by atoms with E-state index in [1.165, 1.54) is 23.5 Å². The Bertz CT molecular complexity index is 1010. The molecule has 0 aliphatic rings. The Morgan fingerprint density at radius 1 is 1.12 bits per heavy atom. The van der Waals surface area contributed by atoms with Crippen molar-refractivity contribution in [2.24, 2.45) is 0 Å². The molecule has 26 heavy (non-hydrogen) atoms. The molecule has 0 aliphatic heterocycles. The Morgan fingerprint density at radius 2 is 1.92 bits per heavy atom. The van der Waals surface area contributed by atoms with Gasteiger partial charge in [-0.2, -0.15) is 0 Å². The van der Waals surface area contributed by atoms with Crippen molar-refractivity contribution in [1.29, 1.82) is 0 Å². The third-order valence-corrected chi connectivity index (χ3v) is 4.77. The van der Waals surface area contributed by atoms with Gasteiger partial charge >= 0.3 is 0 Å². The number of nitrogens with one attached hydrogen (secondary N) is 2. The van der Waals surface area contributed by atoms with Crippen LogP contribution in [-0.4, -0.2) is 23.3 Å². The predicted octanol–water partition coefficient (Wildman–Crippen LogP) is 3.81. The Hall–Kier alpha value is -3.26. The van der Waals surface area contributed by atoms with Crippen molar-refractivity contribution < 1.29 is 14.5 Å². The number of benzene rings is 2. The Kier molecular flexibility index (Phi) is 4.94. The van der Waals surface area contributed by atoms with E-state index in [0.29, 0.717) is 28.1 Å². The molecule has 0 spiro atoms. The predicted molar refractivity (Wildman–Crippen MR) is 101 cm³/mol. The third kappa shape index (κ3) is 3.70. The van der Waals surface area contributed by atoms with E-state index in [0.717, 1.165) is 4.70 Å². The first-order valence-electron chi connectivity index (χ1n) is 7.85. The van der Waals surface area contributed by atoms with Gasteiger partial charge in [0.15, 0.2) is 0 Å². The van der Waals surface area contributed by atoms with Crippen molar-refractivity contribution in [2.75, 3.05) is 11.9 Å². The van der Waals surface area contributed by atoms with Crippen LogP contribution in [0.1, 0.15) is 27.0 Å². The minimum Gasteiger partial charge on any atom is -0.352 e. The SMILES string of the molecule is CCNC(=O)c1cccc(NC(=O)c2cc3cc([N+](=O)[O-])ccc3s2)c1. The number of hydrogen-bond donors (Lipinski definition) is 2. The highest BCUT2D eigenvalue weighted by atomic mass is 32.1. The number of carbonyl (C=O) groups is 2. The van der Waals surface area contributed by atoms with Gasteiger partial charge in [-0.15, -0.1) is 11.3 Å². The molecule has 1 aromatic heterocycles. The fourth-order valence-corrected chi connectivity index (χ4v) is 3.39. The fraction of sp³-hybridized carbons (Fsp3) is 0.111. The van der Waals surface area contributed by atoms with Gasteiger partial charge in [-0.05, 0) is 37.3 Å². The molecule has 0 saturated carbocycles. The molecule has 3 aromatic rings. The standard InChI is InChI=1S/C18H15N3O4S/c1-2-19-17(22)11-4-3-5-13(8-11)20-18(23)16-10-12-9-14(21(24)25)6-7-15(12)26-16/h3-10H,2H2,1H3,(H,19,22)(H,20,23). The summed E-state index contributed by atoms with van der Waals surface area (Å²) in [7, 11) is 0. The van der Waals surface area contributed by atoms with Crippen LogP contribution < -0.4 is 10.6 Å². The average molecular weight is 369 g/mol. The summed E-state index contributed by atoms with van der Waals surface area (Å²) in [6.07, 6.45) is 0. The van der Waals surface area contributed by atoms with Crippen molar-refractivity contribution in [3.05, 3.63) is 69.1 Å². The second kappa shape index (κ2) is 7.32. The summed E-state index contributed by atoms with van der Waals surface area (Å²) in [4.78, 5) is 35.2. The van der Waals surface area contributed by atoms with Crippen LogP contribution in [0.5, 0.6) is 0 Å². The third-order valence-electron chi connectivity index (χ3n) is 3.65. The highest BCUT2D eigenvalue weighted by Gasteiger charge is 2.14. The monoisotopic (exact) mass is 369 g/mol. The number of nitrogens with zero attached hydrogens (tertiary/aromatic N) is 1. The van der Waals surface area contributed by atoms with Gasteiger partial charge in [0, 0.05) is 40.0 Å².